The molecule has 1 aliphatic rings. The number of fused-ring (bicyclic) bond motifs is 1. The van der Waals surface area contributed by atoms with Gasteiger partial charge in [0, 0.05) is 12.7 Å². The molecular weight excluding hydrogens is 478 g/mol. The molecule has 194 valence electrons. The van der Waals surface area contributed by atoms with Crippen molar-refractivity contribution in [1.82, 2.24) is 14.3 Å². The van der Waals surface area contributed by atoms with Crippen LogP contribution < -0.4 is 4.74 Å². The first-order chi connectivity index (χ1) is 18.5. The summed E-state index contributed by atoms with van der Waals surface area (Å²) in [4.78, 5) is 32.9. The average molecular weight is 510 g/mol. The summed E-state index contributed by atoms with van der Waals surface area (Å²) in [6.07, 6.45) is 4.36. The Morgan fingerprint density at radius 2 is 1.74 bits per heavy atom. The third kappa shape index (κ3) is 4.79. The molecule has 0 spiro atoms. The van der Waals surface area contributed by atoms with Gasteiger partial charge in [-0.15, -0.1) is 0 Å². The van der Waals surface area contributed by atoms with Gasteiger partial charge in [0.15, 0.2) is 5.76 Å². The smallest absolute Gasteiger partial charge is 0.295 e. The van der Waals surface area contributed by atoms with Crippen LogP contribution in [0, 0.1) is 6.92 Å². The molecular formula is C31H31N3O4. The summed E-state index contributed by atoms with van der Waals surface area (Å²) in [6, 6.07) is 22.0. The number of imidazole rings is 1. The molecule has 0 bridgehead atoms. The van der Waals surface area contributed by atoms with Crippen molar-refractivity contribution in [1.29, 1.82) is 0 Å². The van der Waals surface area contributed by atoms with Gasteiger partial charge in [-0.25, -0.2) is 4.98 Å². The molecule has 2 aromatic heterocycles. The number of aromatic nitrogens is 2. The number of amides is 1. The van der Waals surface area contributed by atoms with E-state index >= 15 is 0 Å². The highest BCUT2D eigenvalue weighted by Crippen LogP contribution is 2.40. The molecule has 1 aliphatic heterocycles. The van der Waals surface area contributed by atoms with Gasteiger partial charge < -0.3 is 14.7 Å². The van der Waals surface area contributed by atoms with E-state index in [0.717, 1.165) is 29.7 Å². The van der Waals surface area contributed by atoms with Crippen LogP contribution in [-0.2, 0) is 16.0 Å². The molecule has 1 N–H and O–H groups in total. The zero-order valence-corrected chi connectivity index (χ0v) is 21.6. The van der Waals surface area contributed by atoms with Crippen molar-refractivity contribution in [3.8, 4) is 5.75 Å². The van der Waals surface area contributed by atoms with E-state index in [2.05, 4.69) is 11.9 Å². The van der Waals surface area contributed by atoms with E-state index in [0.29, 0.717) is 36.6 Å². The Labute approximate surface area is 222 Å². The molecule has 0 radical (unpaired) electrons. The topological polar surface area (TPSA) is 84.1 Å². The highest BCUT2D eigenvalue weighted by atomic mass is 16.5. The number of rotatable bonds is 9. The lowest BCUT2D eigenvalue weighted by molar-refractivity contribution is -0.139. The van der Waals surface area contributed by atoms with Gasteiger partial charge in [0.25, 0.3) is 11.7 Å². The molecule has 3 heterocycles. The fourth-order valence-corrected chi connectivity index (χ4v) is 4.96. The van der Waals surface area contributed by atoms with E-state index in [1.54, 1.807) is 22.4 Å². The van der Waals surface area contributed by atoms with Crippen molar-refractivity contribution in [3.63, 3.8) is 0 Å². The minimum absolute atomic E-state index is 0.0662. The minimum atomic E-state index is -0.739. The lowest BCUT2D eigenvalue weighted by atomic mass is 9.96. The minimum Gasteiger partial charge on any atom is -0.505 e. The van der Waals surface area contributed by atoms with Crippen LogP contribution in [0.1, 0.15) is 48.3 Å². The quantitative estimate of drug-likeness (QED) is 0.140. The third-order valence-corrected chi connectivity index (χ3v) is 6.92. The summed E-state index contributed by atoms with van der Waals surface area (Å²) in [5, 5.41) is 11.6. The number of aryl methyl sites for hydroxylation is 1. The Hall–Kier alpha value is -4.39. The summed E-state index contributed by atoms with van der Waals surface area (Å²) in [5.41, 5.74) is 3.49. The normalized spacial score (nSPS) is 16.9. The predicted octanol–water partition coefficient (Wildman–Crippen LogP) is 5.49. The maximum atomic E-state index is 13.5. The van der Waals surface area contributed by atoms with E-state index in [1.807, 2.05) is 72.8 Å². The maximum Gasteiger partial charge on any atom is 0.295 e. The molecule has 38 heavy (non-hydrogen) atoms. The number of unbranched alkanes of at least 4 members (excludes halogenated alkanes) is 1. The lowest BCUT2D eigenvalue weighted by Crippen LogP contribution is -2.31. The Balaban J connectivity index is 1.58. The molecule has 1 amide bonds. The fraction of sp³-hybridized carbons (Fsp3) is 0.258. The van der Waals surface area contributed by atoms with Crippen LogP contribution in [0.25, 0.3) is 11.4 Å². The van der Waals surface area contributed by atoms with Gasteiger partial charge >= 0.3 is 0 Å². The van der Waals surface area contributed by atoms with Gasteiger partial charge in [-0.2, -0.15) is 0 Å². The van der Waals surface area contributed by atoms with Crippen molar-refractivity contribution < 1.29 is 19.4 Å². The first-order valence-corrected chi connectivity index (χ1v) is 13.0. The number of carbonyl (C=O) groups is 2. The number of likely N-dealkylation sites (tertiary alicyclic amines) is 1. The molecule has 1 fully saturated rings. The SMILES string of the molecule is CCCCOc1ccc(C2C(=C(O)c3c(C)nc4ccccn34)C(=O)C(=O)N2CCc2ccccc2)cc1. The molecule has 1 unspecified atom stereocenters. The van der Waals surface area contributed by atoms with Crippen molar-refractivity contribution in [2.24, 2.45) is 0 Å². The Kier molecular flexibility index (Phi) is 7.26. The number of nitrogens with zero attached hydrogens (tertiary/aromatic N) is 3. The number of hydrogen-bond donors (Lipinski definition) is 1. The van der Waals surface area contributed by atoms with E-state index in [4.69, 9.17) is 4.74 Å². The van der Waals surface area contributed by atoms with Crippen molar-refractivity contribution in [2.75, 3.05) is 13.2 Å². The zero-order valence-electron chi connectivity index (χ0n) is 21.6. The number of pyridine rings is 1. The van der Waals surface area contributed by atoms with Crippen molar-refractivity contribution in [3.05, 3.63) is 107 Å². The number of aliphatic hydroxyl groups is 1. The Bertz CT molecular complexity index is 1490. The predicted molar refractivity (Wildman–Crippen MR) is 146 cm³/mol. The third-order valence-electron chi connectivity index (χ3n) is 6.92. The number of Topliss-reactive ketones (excluding diaryl/α,β-unsaturated/α-hetero) is 1. The van der Waals surface area contributed by atoms with Crippen molar-refractivity contribution in [2.45, 2.75) is 39.2 Å². The molecule has 0 aliphatic carbocycles. The number of ketones is 1. The fourth-order valence-electron chi connectivity index (χ4n) is 4.96. The van der Waals surface area contributed by atoms with Crippen LogP contribution in [0.4, 0.5) is 0 Å². The number of ether oxygens (including phenoxy) is 1. The summed E-state index contributed by atoms with van der Waals surface area (Å²) in [5.74, 6) is -0.826. The summed E-state index contributed by atoms with van der Waals surface area (Å²) in [7, 11) is 0. The van der Waals surface area contributed by atoms with E-state index < -0.39 is 17.7 Å². The van der Waals surface area contributed by atoms with Gasteiger partial charge in [0.2, 0.25) is 0 Å². The van der Waals surface area contributed by atoms with Crippen LogP contribution in [0.3, 0.4) is 0 Å². The Morgan fingerprint density at radius 3 is 2.47 bits per heavy atom. The maximum absolute atomic E-state index is 13.5. The summed E-state index contributed by atoms with van der Waals surface area (Å²) in [6.45, 7) is 4.84. The summed E-state index contributed by atoms with van der Waals surface area (Å²) < 4.78 is 7.55. The van der Waals surface area contributed by atoms with Gasteiger partial charge in [0.1, 0.15) is 17.1 Å². The number of hydrogen-bond acceptors (Lipinski definition) is 5. The van der Waals surface area contributed by atoms with Gasteiger partial charge in [0.05, 0.1) is 23.9 Å². The highest BCUT2D eigenvalue weighted by molar-refractivity contribution is 6.46. The summed E-state index contributed by atoms with van der Waals surface area (Å²) >= 11 is 0. The number of benzene rings is 2. The number of aliphatic hydroxyl groups excluding tert-OH is 1. The van der Waals surface area contributed by atoms with Gasteiger partial charge in [-0.3, -0.25) is 14.0 Å². The van der Waals surface area contributed by atoms with E-state index in [1.165, 1.54) is 0 Å². The van der Waals surface area contributed by atoms with Crippen LogP contribution in [-0.4, -0.2) is 44.2 Å². The zero-order chi connectivity index (χ0) is 26.6. The van der Waals surface area contributed by atoms with Crippen LogP contribution >= 0.6 is 0 Å². The molecule has 7 heteroatoms. The highest BCUT2D eigenvalue weighted by Gasteiger charge is 2.46. The molecule has 2 aromatic carbocycles. The first kappa shape index (κ1) is 25.3. The molecule has 4 aromatic rings. The van der Waals surface area contributed by atoms with Gasteiger partial charge in [-0.05, 0) is 55.2 Å². The first-order valence-electron chi connectivity index (χ1n) is 13.0. The number of carbonyl (C=O) groups excluding carboxylic acids is 2. The second-order valence-corrected chi connectivity index (χ2v) is 9.47. The second kappa shape index (κ2) is 10.9. The second-order valence-electron chi connectivity index (χ2n) is 9.47. The van der Waals surface area contributed by atoms with Crippen LogP contribution in [0.15, 0.2) is 84.6 Å². The molecule has 5 rings (SSSR count). The lowest BCUT2D eigenvalue weighted by Gasteiger charge is -2.25. The molecule has 7 nitrogen and oxygen atoms in total. The molecule has 0 saturated carbocycles. The monoisotopic (exact) mass is 509 g/mol. The van der Waals surface area contributed by atoms with Crippen LogP contribution in [0.2, 0.25) is 0 Å². The van der Waals surface area contributed by atoms with E-state index in [9.17, 15) is 14.7 Å². The largest absolute Gasteiger partial charge is 0.505 e. The van der Waals surface area contributed by atoms with Crippen molar-refractivity contribution >= 4 is 23.1 Å². The standard InChI is InChI=1S/C31H31N3O4/c1-3-4-20-38-24-15-13-23(14-16-24)28-26(29(35)27-21(2)32-25-12-8-9-18-33(25)27)30(36)31(37)34(28)19-17-22-10-6-5-7-11-22/h5-16,18,28,35H,3-4,17,19-20H2,1-2H3. The van der Waals surface area contributed by atoms with Crippen LogP contribution in [0.5, 0.6) is 5.75 Å². The average Bonchev–Trinajstić information content (AvgIpc) is 3.40. The molecule has 1 atom stereocenters. The molecule has 1 saturated heterocycles. The van der Waals surface area contributed by atoms with Gasteiger partial charge in [-0.1, -0.05) is 61.9 Å². The van der Waals surface area contributed by atoms with E-state index in [-0.39, 0.29) is 11.3 Å². The Morgan fingerprint density at radius 1 is 1.00 bits per heavy atom.